The summed E-state index contributed by atoms with van der Waals surface area (Å²) in [6.45, 7) is 6.01. The molecule has 108 valence electrons. The lowest BCUT2D eigenvalue weighted by molar-refractivity contribution is 0.547. The fraction of sp³-hybridized carbons (Fsp3) is 0.333. The molecule has 2 heterocycles. The van der Waals surface area contributed by atoms with E-state index in [1.54, 1.807) is 17.1 Å². The normalized spacial score (nSPS) is 11.4. The largest absolute Gasteiger partial charge is 0.311 e. The third kappa shape index (κ3) is 3.05. The van der Waals surface area contributed by atoms with Gasteiger partial charge in [-0.2, -0.15) is 4.68 Å². The molecule has 0 radical (unpaired) electrons. The number of para-hydroxylation sites is 1. The highest BCUT2D eigenvalue weighted by Crippen LogP contribution is 2.13. The van der Waals surface area contributed by atoms with Gasteiger partial charge < -0.3 is 5.32 Å². The lowest BCUT2D eigenvalue weighted by atomic mass is 10.2. The molecular weight excluding hydrogens is 264 g/mol. The van der Waals surface area contributed by atoms with E-state index >= 15 is 0 Å². The lowest BCUT2D eigenvalue weighted by Crippen LogP contribution is -2.20. The Bertz CT molecular complexity index is 734. The third-order valence-electron chi connectivity index (χ3n) is 3.10. The van der Waals surface area contributed by atoms with Crippen LogP contribution in [0.3, 0.4) is 0 Å². The van der Waals surface area contributed by atoms with Crippen molar-refractivity contribution in [3.8, 4) is 5.82 Å². The maximum absolute atomic E-state index is 4.60. The van der Waals surface area contributed by atoms with Crippen molar-refractivity contribution in [1.29, 1.82) is 0 Å². The number of aromatic nitrogens is 5. The third-order valence-corrected chi connectivity index (χ3v) is 3.10. The van der Waals surface area contributed by atoms with E-state index in [1.807, 2.05) is 24.3 Å². The van der Waals surface area contributed by atoms with E-state index in [-0.39, 0.29) is 0 Å². The fourth-order valence-electron chi connectivity index (χ4n) is 2.11. The topological polar surface area (TPSA) is 68.5 Å². The van der Waals surface area contributed by atoms with Crippen LogP contribution in [0.4, 0.5) is 0 Å². The van der Waals surface area contributed by atoms with Crippen molar-refractivity contribution < 1.29 is 0 Å². The Labute approximate surface area is 123 Å². The predicted molar refractivity (Wildman–Crippen MR) is 81.0 cm³/mol. The molecular formula is C15H18N6. The number of nitrogens with zero attached hydrogens (tertiary/aromatic N) is 5. The summed E-state index contributed by atoms with van der Waals surface area (Å²) < 4.78 is 1.72. The van der Waals surface area contributed by atoms with Crippen LogP contribution in [-0.4, -0.2) is 31.5 Å². The van der Waals surface area contributed by atoms with Crippen molar-refractivity contribution in [2.24, 2.45) is 5.92 Å². The summed E-state index contributed by atoms with van der Waals surface area (Å²) in [5.74, 6) is 1.30. The molecule has 0 atom stereocenters. The Morgan fingerprint density at radius 1 is 1.19 bits per heavy atom. The van der Waals surface area contributed by atoms with Gasteiger partial charge in [0.2, 0.25) is 0 Å². The van der Waals surface area contributed by atoms with Gasteiger partial charge in [-0.15, -0.1) is 5.10 Å². The Balaban J connectivity index is 1.85. The fourth-order valence-corrected chi connectivity index (χ4v) is 2.11. The average molecular weight is 282 g/mol. The molecule has 0 saturated carbocycles. The van der Waals surface area contributed by atoms with Gasteiger partial charge in [-0.3, -0.25) is 4.98 Å². The van der Waals surface area contributed by atoms with Crippen LogP contribution in [0.2, 0.25) is 0 Å². The summed E-state index contributed by atoms with van der Waals surface area (Å²) in [4.78, 5) is 8.85. The number of benzene rings is 1. The first-order valence-corrected chi connectivity index (χ1v) is 7.06. The highest BCUT2D eigenvalue weighted by molar-refractivity contribution is 5.75. The van der Waals surface area contributed by atoms with Crippen LogP contribution >= 0.6 is 0 Å². The van der Waals surface area contributed by atoms with Crippen molar-refractivity contribution in [3.63, 3.8) is 0 Å². The number of hydrogen-bond donors (Lipinski definition) is 1. The Kier molecular flexibility index (Phi) is 3.87. The molecule has 0 amide bonds. The van der Waals surface area contributed by atoms with Crippen molar-refractivity contribution in [3.05, 3.63) is 42.4 Å². The molecule has 1 N–H and O–H groups in total. The summed E-state index contributed by atoms with van der Waals surface area (Å²) in [5, 5.41) is 11.7. The summed E-state index contributed by atoms with van der Waals surface area (Å²) in [6, 6.07) is 7.81. The zero-order valence-corrected chi connectivity index (χ0v) is 12.2. The SMILES string of the molecule is CC(C)CNCc1cncc(-n2nnc3ccccc32)n1. The molecule has 0 saturated heterocycles. The quantitative estimate of drug-likeness (QED) is 0.774. The van der Waals surface area contributed by atoms with E-state index in [0.29, 0.717) is 18.3 Å². The van der Waals surface area contributed by atoms with Gasteiger partial charge >= 0.3 is 0 Å². The standard InChI is InChI=1S/C15H18N6/c1-11(2)7-16-8-12-9-17-10-15(18-12)21-14-6-4-3-5-13(14)19-20-21/h3-6,9-11,16H,7-8H2,1-2H3. The van der Waals surface area contributed by atoms with E-state index in [1.165, 1.54) is 0 Å². The highest BCUT2D eigenvalue weighted by Gasteiger charge is 2.08. The van der Waals surface area contributed by atoms with Crippen LogP contribution in [0.1, 0.15) is 19.5 Å². The van der Waals surface area contributed by atoms with Crippen LogP contribution in [0, 0.1) is 5.92 Å². The second kappa shape index (κ2) is 5.97. The summed E-state index contributed by atoms with van der Waals surface area (Å²) in [7, 11) is 0. The summed E-state index contributed by atoms with van der Waals surface area (Å²) >= 11 is 0. The first-order valence-electron chi connectivity index (χ1n) is 7.06. The average Bonchev–Trinajstić information content (AvgIpc) is 2.91. The molecule has 2 aromatic heterocycles. The first kappa shape index (κ1) is 13.6. The van der Waals surface area contributed by atoms with E-state index in [4.69, 9.17) is 0 Å². The Morgan fingerprint density at radius 2 is 2.05 bits per heavy atom. The van der Waals surface area contributed by atoms with Gasteiger partial charge in [0.1, 0.15) is 5.52 Å². The van der Waals surface area contributed by atoms with Gasteiger partial charge in [0.15, 0.2) is 5.82 Å². The van der Waals surface area contributed by atoms with Crippen LogP contribution < -0.4 is 5.32 Å². The number of hydrogen-bond acceptors (Lipinski definition) is 5. The van der Waals surface area contributed by atoms with E-state index in [2.05, 4.69) is 39.4 Å². The van der Waals surface area contributed by atoms with Crippen molar-refractivity contribution in [2.75, 3.05) is 6.54 Å². The number of rotatable bonds is 5. The molecule has 0 aliphatic carbocycles. The monoisotopic (exact) mass is 282 g/mol. The Morgan fingerprint density at radius 3 is 2.90 bits per heavy atom. The minimum atomic E-state index is 0.611. The zero-order valence-electron chi connectivity index (χ0n) is 12.2. The van der Waals surface area contributed by atoms with Gasteiger partial charge in [0.25, 0.3) is 0 Å². The van der Waals surface area contributed by atoms with E-state index < -0.39 is 0 Å². The van der Waals surface area contributed by atoms with Gasteiger partial charge in [-0.25, -0.2) is 4.98 Å². The van der Waals surface area contributed by atoms with Gasteiger partial charge in [0.05, 0.1) is 17.4 Å². The molecule has 1 aromatic carbocycles. The van der Waals surface area contributed by atoms with Gasteiger partial charge in [0, 0.05) is 12.7 Å². The molecule has 0 bridgehead atoms. The van der Waals surface area contributed by atoms with Crippen LogP contribution in [-0.2, 0) is 6.54 Å². The lowest BCUT2D eigenvalue weighted by Gasteiger charge is -2.07. The van der Waals surface area contributed by atoms with Crippen LogP contribution in [0.25, 0.3) is 16.9 Å². The molecule has 0 aliphatic rings. The molecule has 21 heavy (non-hydrogen) atoms. The predicted octanol–water partition coefficient (Wildman–Crippen LogP) is 1.96. The van der Waals surface area contributed by atoms with Crippen molar-refractivity contribution in [1.82, 2.24) is 30.3 Å². The molecule has 0 spiro atoms. The molecule has 0 aliphatic heterocycles. The van der Waals surface area contributed by atoms with Crippen molar-refractivity contribution in [2.45, 2.75) is 20.4 Å². The maximum Gasteiger partial charge on any atom is 0.174 e. The first-order chi connectivity index (χ1) is 10.2. The Hall–Kier alpha value is -2.34. The second-order valence-corrected chi connectivity index (χ2v) is 5.38. The molecule has 6 heteroatoms. The second-order valence-electron chi connectivity index (χ2n) is 5.38. The zero-order chi connectivity index (χ0) is 14.7. The molecule has 3 aromatic rings. The molecule has 3 rings (SSSR count). The maximum atomic E-state index is 4.60. The van der Waals surface area contributed by atoms with Crippen LogP contribution in [0.15, 0.2) is 36.7 Å². The smallest absolute Gasteiger partial charge is 0.174 e. The summed E-state index contributed by atoms with van der Waals surface area (Å²) in [5.41, 5.74) is 2.68. The number of nitrogens with one attached hydrogen (secondary N) is 1. The van der Waals surface area contributed by atoms with E-state index in [9.17, 15) is 0 Å². The van der Waals surface area contributed by atoms with Crippen molar-refractivity contribution >= 4 is 11.0 Å². The summed E-state index contributed by atoms with van der Waals surface area (Å²) in [6.07, 6.45) is 3.48. The minimum absolute atomic E-state index is 0.611. The minimum Gasteiger partial charge on any atom is -0.311 e. The molecule has 0 fully saturated rings. The van der Waals surface area contributed by atoms with E-state index in [0.717, 1.165) is 23.3 Å². The molecule has 0 unspecified atom stereocenters. The number of fused-ring (bicyclic) bond motifs is 1. The van der Waals surface area contributed by atoms with Gasteiger partial charge in [-0.1, -0.05) is 31.2 Å². The van der Waals surface area contributed by atoms with Crippen LogP contribution in [0.5, 0.6) is 0 Å². The van der Waals surface area contributed by atoms with Gasteiger partial charge in [-0.05, 0) is 24.6 Å². The molecule has 6 nitrogen and oxygen atoms in total. The highest BCUT2D eigenvalue weighted by atomic mass is 15.4.